The summed E-state index contributed by atoms with van der Waals surface area (Å²) in [5, 5.41) is 9.10. The van der Waals surface area contributed by atoms with Gasteiger partial charge in [-0.25, -0.2) is 0 Å². The van der Waals surface area contributed by atoms with Gasteiger partial charge in [-0.3, -0.25) is 9.59 Å². The summed E-state index contributed by atoms with van der Waals surface area (Å²) in [7, 11) is 0. The zero-order valence-corrected chi connectivity index (χ0v) is 14.6. The Kier molecular flexibility index (Phi) is 4.83. The Bertz CT molecular complexity index is 793. The van der Waals surface area contributed by atoms with Crippen LogP contribution in [0.15, 0.2) is 22.7 Å². The standard InChI is InChI=1S/C18H22N4O3/c1-10(2)13-6-4-5-11(3)15(13)21-18(24)17(23)19-9-14-20-16(22-25-14)12-7-8-12/h4-6,10,12H,7-9H2,1-3H3,(H,19,23)(H,21,24). The van der Waals surface area contributed by atoms with Gasteiger partial charge < -0.3 is 15.2 Å². The number of amides is 2. The molecule has 2 N–H and O–H groups in total. The molecule has 3 rings (SSSR count). The van der Waals surface area contributed by atoms with E-state index in [0.717, 1.165) is 24.0 Å². The maximum absolute atomic E-state index is 12.2. The molecule has 0 bridgehead atoms. The van der Waals surface area contributed by atoms with Gasteiger partial charge in [0.2, 0.25) is 5.89 Å². The molecular weight excluding hydrogens is 320 g/mol. The van der Waals surface area contributed by atoms with E-state index in [4.69, 9.17) is 4.52 Å². The van der Waals surface area contributed by atoms with Gasteiger partial charge in [-0.15, -0.1) is 0 Å². The molecule has 7 nitrogen and oxygen atoms in total. The van der Waals surface area contributed by atoms with Crippen LogP contribution < -0.4 is 10.6 Å². The van der Waals surface area contributed by atoms with Crippen molar-refractivity contribution in [2.45, 2.75) is 52.0 Å². The van der Waals surface area contributed by atoms with E-state index in [1.807, 2.05) is 39.0 Å². The van der Waals surface area contributed by atoms with E-state index in [0.29, 0.717) is 23.3 Å². The van der Waals surface area contributed by atoms with Crippen LogP contribution in [0, 0.1) is 6.92 Å². The molecule has 1 aliphatic rings. The van der Waals surface area contributed by atoms with Gasteiger partial charge in [-0.05, 0) is 36.8 Å². The van der Waals surface area contributed by atoms with Crippen molar-refractivity contribution >= 4 is 17.5 Å². The summed E-state index contributed by atoms with van der Waals surface area (Å²) in [6, 6.07) is 5.79. The molecule has 1 fully saturated rings. The fourth-order valence-electron chi connectivity index (χ4n) is 2.60. The molecule has 1 aromatic heterocycles. The van der Waals surface area contributed by atoms with Gasteiger partial charge in [-0.1, -0.05) is 37.2 Å². The molecular formula is C18H22N4O3. The number of nitrogens with zero attached hydrogens (tertiary/aromatic N) is 2. The molecule has 0 saturated heterocycles. The Morgan fingerprint density at radius 3 is 2.72 bits per heavy atom. The Morgan fingerprint density at radius 1 is 1.28 bits per heavy atom. The van der Waals surface area contributed by atoms with Crippen LogP contribution in [0.5, 0.6) is 0 Å². The van der Waals surface area contributed by atoms with Gasteiger partial charge in [0, 0.05) is 11.6 Å². The second-order valence-electron chi connectivity index (χ2n) is 6.65. The highest BCUT2D eigenvalue weighted by atomic mass is 16.5. The summed E-state index contributed by atoms with van der Waals surface area (Å²) >= 11 is 0. The lowest BCUT2D eigenvalue weighted by atomic mass is 9.98. The third-order valence-electron chi connectivity index (χ3n) is 4.20. The van der Waals surface area contributed by atoms with E-state index in [-0.39, 0.29) is 12.5 Å². The molecule has 2 aromatic rings. The largest absolute Gasteiger partial charge is 0.339 e. The second kappa shape index (κ2) is 7.04. The maximum Gasteiger partial charge on any atom is 0.313 e. The lowest BCUT2D eigenvalue weighted by Gasteiger charge is -2.16. The van der Waals surface area contributed by atoms with Crippen LogP contribution in [0.4, 0.5) is 5.69 Å². The highest BCUT2D eigenvalue weighted by Crippen LogP contribution is 2.38. The summed E-state index contributed by atoms with van der Waals surface area (Å²) in [4.78, 5) is 28.5. The average molecular weight is 342 g/mol. The maximum atomic E-state index is 12.2. The third-order valence-corrected chi connectivity index (χ3v) is 4.20. The minimum Gasteiger partial charge on any atom is -0.339 e. The van der Waals surface area contributed by atoms with Crippen molar-refractivity contribution in [3.8, 4) is 0 Å². The number of aryl methyl sites for hydroxylation is 1. The van der Waals surface area contributed by atoms with Crippen LogP contribution in [0.3, 0.4) is 0 Å². The summed E-state index contributed by atoms with van der Waals surface area (Å²) < 4.78 is 5.08. The van der Waals surface area contributed by atoms with Crippen LogP contribution in [0.25, 0.3) is 0 Å². The first-order chi connectivity index (χ1) is 12.0. The minimum atomic E-state index is -0.732. The molecule has 0 atom stereocenters. The SMILES string of the molecule is Cc1cccc(C(C)C)c1NC(=O)C(=O)NCc1nc(C2CC2)no1. The highest BCUT2D eigenvalue weighted by molar-refractivity contribution is 6.39. The molecule has 132 valence electrons. The van der Waals surface area contributed by atoms with Gasteiger partial charge in [0.1, 0.15) is 0 Å². The second-order valence-corrected chi connectivity index (χ2v) is 6.65. The number of anilines is 1. The summed E-state index contributed by atoms with van der Waals surface area (Å²) in [6.07, 6.45) is 2.14. The highest BCUT2D eigenvalue weighted by Gasteiger charge is 2.29. The number of aromatic nitrogens is 2. The van der Waals surface area contributed by atoms with E-state index in [2.05, 4.69) is 20.8 Å². The Labute approximate surface area is 146 Å². The minimum absolute atomic E-state index is 0.0385. The monoisotopic (exact) mass is 342 g/mol. The van der Waals surface area contributed by atoms with E-state index in [1.165, 1.54) is 0 Å². The molecule has 0 aliphatic heterocycles. The fraction of sp³-hybridized carbons (Fsp3) is 0.444. The van der Waals surface area contributed by atoms with Crippen molar-refractivity contribution in [2.24, 2.45) is 0 Å². The van der Waals surface area contributed by atoms with E-state index < -0.39 is 11.8 Å². The molecule has 25 heavy (non-hydrogen) atoms. The van der Waals surface area contributed by atoms with Crippen molar-refractivity contribution in [1.29, 1.82) is 0 Å². The number of hydrogen-bond donors (Lipinski definition) is 2. The lowest BCUT2D eigenvalue weighted by Crippen LogP contribution is -2.35. The summed E-state index contributed by atoms with van der Waals surface area (Å²) in [5.41, 5.74) is 2.59. The Hall–Kier alpha value is -2.70. The number of benzene rings is 1. The van der Waals surface area contributed by atoms with Crippen molar-refractivity contribution in [1.82, 2.24) is 15.5 Å². The number of carbonyl (C=O) groups excluding carboxylic acids is 2. The van der Waals surface area contributed by atoms with Crippen LogP contribution in [-0.4, -0.2) is 22.0 Å². The number of carbonyl (C=O) groups is 2. The molecule has 1 aromatic carbocycles. The fourth-order valence-corrected chi connectivity index (χ4v) is 2.60. The molecule has 0 spiro atoms. The van der Waals surface area contributed by atoms with Crippen molar-refractivity contribution < 1.29 is 14.1 Å². The molecule has 2 amide bonds. The zero-order chi connectivity index (χ0) is 18.0. The van der Waals surface area contributed by atoms with Gasteiger partial charge in [-0.2, -0.15) is 4.98 Å². The predicted octanol–water partition coefficient (Wildman–Crippen LogP) is 2.63. The predicted molar refractivity (Wildman–Crippen MR) is 92.0 cm³/mol. The van der Waals surface area contributed by atoms with Gasteiger partial charge in [0.15, 0.2) is 5.82 Å². The lowest BCUT2D eigenvalue weighted by molar-refractivity contribution is -0.136. The number of para-hydroxylation sites is 1. The Morgan fingerprint density at radius 2 is 2.04 bits per heavy atom. The summed E-state index contributed by atoms with van der Waals surface area (Å²) in [5.74, 6) is 0.156. The van der Waals surface area contributed by atoms with Crippen LogP contribution >= 0.6 is 0 Å². The van der Waals surface area contributed by atoms with Crippen molar-refractivity contribution in [3.63, 3.8) is 0 Å². The van der Waals surface area contributed by atoms with Gasteiger partial charge in [0.25, 0.3) is 0 Å². The molecule has 0 radical (unpaired) electrons. The number of hydrogen-bond acceptors (Lipinski definition) is 5. The average Bonchev–Trinajstić information content (AvgIpc) is 3.32. The van der Waals surface area contributed by atoms with Crippen molar-refractivity contribution in [2.75, 3.05) is 5.32 Å². The topological polar surface area (TPSA) is 97.1 Å². The smallest absolute Gasteiger partial charge is 0.313 e. The summed E-state index contributed by atoms with van der Waals surface area (Å²) in [6.45, 7) is 6.02. The first-order valence-electron chi connectivity index (χ1n) is 8.47. The van der Waals surface area contributed by atoms with Crippen molar-refractivity contribution in [3.05, 3.63) is 41.0 Å². The van der Waals surface area contributed by atoms with Crippen LogP contribution in [-0.2, 0) is 16.1 Å². The quantitative estimate of drug-likeness (QED) is 0.814. The first kappa shape index (κ1) is 17.1. The molecule has 7 heteroatoms. The van der Waals surface area contributed by atoms with E-state index in [9.17, 15) is 9.59 Å². The zero-order valence-electron chi connectivity index (χ0n) is 14.6. The van der Waals surface area contributed by atoms with Crippen LogP contribution in [0.1, 0.15) is 61.4 Å². The first-order valence-corrected chi connectivity index (χ1v) is 8.47. The Balaban J connectivity index is 1.60. The molecule has 1 saturated carbocycles. The van der Waals surface area contributed by atoms with E-state index >= 15 is 0 Å². The van der Waals surface area contributed by atoms with Crippen LogP contribution in [0.2, 0.25) is 0 Å². The number of rotatable bonds is 5. The normalized spacial score (nSPS) is 13.8. The molecule has 1 aliphatic carbocycles. The van der Waals surface area contributed by atoms with E-state index in [1.54, 1.807) is 0 Å². The number of nitrogens with one attached hydrogen (secondary N) is 2. The molecule has 0 unspecified atom stereocenters. The molecule has 1 heterocycles. The third kappa shape index (κ3) is 4.04. The van der Waals surface area contributed by atoms with Gasteiger partial charge in [0.05, 0.1) is 6.54 Å². The van der Waals surface area contributed by atoms with Gasteiger partial charge >= 0.3 is 11.8 Å².